The van der Waals surface area contributed by atoms with Crippen LogP contribution in [0, 0.1) is 0 Å². The highest BCUT2D eigenvalue weighted by Gasteiger charge is 2.33. The van der Waals surface area contributed by atoms with Gasteiger partial charge in [-0.15, -0.1) is 0 Å². The third-order valence-electron chi connectivity index (χ3n) is 2.33. The van der Waals surface area contributed by atoms with E-state index in [1.807, 2.05) is 0 Å². The first-order valence-electron chi connectivity index (χ1n) is 4.94. The first-order chi connectivity index (χ1) is 7.31. The zero-order valence-electron chi connectivity index (χ0n) is 8.64. The lowest BCUT2D eigenvalue weighted by molar-refractivity contribution is -0.144. The fraction of sp³-hybridized carbons (Fsp3) is 0.889. The highest BCUT2D eigenvalue weighted by molar-refractivity contribution is 5.75. The molecule has 0 aromatic carbocycles. The van der Waals surface area contributed by atoms with E-state index in [-0.39, 0.29) is 13.2 Å². The molecule has 4 nitrogen and oxygen atoms in total. The smallest absolute Gasteiger partial charge is 0.386 e. The second-order valence-corrected chi connectivity index (χ2v) is 3.92. The van der Waals surface area contributed by atoms with Gasteiger partial charge in [0.1, 0.15) is 5.60 Å². The number of halogens is 3. The molecule has 1 atom stereocenters. The Hall–Kier alpha value is -0.820. The maximum Gasteiger partial charge on any atom is 0.389 e. The molecule has 94 valence electrons. The summed E-state index contributed by atoms with van der Waals surface area (Å²) in [7, 11) is 0. The Bertz CT molecular complexity index is 249. The molecular formula is C9H14F3NO3. The average Bonchev–Trinajstić information content (AvgIpc) is 2.59. The molecule has 0 aliphatic carbocycles. The molecule has 1 heterocycles. The van der Waals surface area contributed by atoms with E-state index >= 15 is 0 Å². The summed E-state index contributed by atoms with van der Waals surface area (Å²) in [6.07, 6.45) is -5.70. The molecule has 0 radical (unpaired) electrons. The second kappa shape index (κ2) is 5.01. The zero-order valence-corrected chi connectivity index (χ0v) is 8.64. The highest BCUT2D eigenvalue weighted by atomic mass is 19.4. The van der Waals surface area contributed by atoms with Gasteiger partial charge in [0.05, 0.1) is 13.0 Å². The van der Waals surface area contributed by atoms with Gasteiger partial charge in [-0.3, -0.25) is 4.79 Å². The number of amides is 1. The van der Waals surface area contributed by atoms with Crippen molar-refractivity contribution in [3.63, 3.8) is 0 Å². The van der Waals surface area contributed by atoms with Gasteiger partial charge in [0.2, 0.25) is 5.91 Å². The highest BCUT2D eigenvalue weighted by Crippen LogP contribution is 2.21. The van der Waals surface area contributed by atoms with Crippen LogP contribution in [-0.4, -0.2) is 42.5 Å². The number of aliphatic hydroxyl groups is 1. The van der Waals surface area contributed by atoms with Crippen LogP contribution in [0.25, 0.3) is 0 Å². The van der Waals surface area contributed by atoms with Gasteiger partial charge in [0.15, 0.2) is 0 Å². The normalized spacial score (nSPS) is 25.8. The molecule has 1 saturated heterocycles. The zero-order chi connectivity index (χ0) is 12.2. The Morgan fingerprint density at radius 3 is 2.69 bits per heavy atom. The van der Waals surface area contributed by atoms with Gasteiger partial charge in [-0.25, -0.2) is 0 Å². The molecule has 1 aliphatic rings. The lowest BCUT2D eigenvalue weighted by Gasteiger charge is -2.20. The van der Waals surface area contributed by atoms with E-state index in [1.54, 1.807) is 0 Å². The number of hydrogen-bond donors (Lipinski definition) is 2. The van der Waals surface area contributed by atoms with Crippen LogP contribution in [0.5, 0.6) is 0 Å². The van der Waals surface area contributed by atoms with Crippen LogP contribution in [0.2, 0.25) is 0 Å². The fourth-order valence-corrected chi connectivity index (χ4v) is 1.34. The van der Waals surface area contributed by atoms with Crippen molar-refractivity contribution in [3.05, 3.63) is 0 Å². The van der Waals surface area contributed by atoms with Gasteiger partial charge in [0, 0.05) is 26.0 Å². The quantitative estimate of drug-likeness (QED) is 0.757. The third-order valence-corrected chi connectivity index (χ3v) is 2.33. The molecule has 1 fully saturated rings. The number of ether oxygens (including phenoxy) is 1. The number of rotatable bonds is 4. The van der Waals surface area contributed by atoms with Crippen molar-refractivity contribution in [2.24, 2.45) is 0 Å². The fourth-order valence-electron chi connectivity index (χ4n) is 1.34. The van der Waals surface area contributed by atoms with Crippen LogP contribution in [0.1, 0.15) is 19.3 Å². The van der Waals surface area contributed by atoms with Gasteiger partial charge in [-0.2, -0.15) is 13.2 Å². The SMILES string of the molecule is O=C(CCC(F)(F)F)NCC1(O)CCOC1. The van der Waals surface area contributed by atoms with Gasteiger partial charge < -0.3 is 15.2 Å². The minimum absolute atomic E-state index is 0.0658. The van der Waals surface area contributed by atoms with Crippen LogP contribution in [0.4, 0.5) is 13.2 Å². The summed E-state index contributed by atoms with van der Waals surface area (Å²) < 4.78 is 40.3. The predicted molar refractivity (Wildman–Crippen MR) is 48.7 cm³/mol. The lowest BCUT2D eigenvalue weighted by Crippen LogP contribution is -2.43. The second-order valence-electron chi connectivity index (χ2n) is 3.92. The van der Waals surface area contributed by atoms with Crippen LogP contribution >= 0.6 is 0 Å². The minimum atomic E-state index is -4.33. The van der Waals surface area contributed by atoms with Crippen LogP contribution in [0.15, 0.2) is 0 Å². The number of alkyl halides is 3. The molecule has 1 amide bonds. The summed E-state index contributed by atoms with van der Waals surface area (Å²) in [6, 6.07) is 0. The number of carbonyl (C=O) groups excluding carboxylic acids is 1. The Morgan fingerprint density at radius 2 is 2.19 bits per heavy atom. The molecule has 2 N–H and O–H groups in total. The van der Waals surface area contributed by atoms with E-state index in [9.17, 15) is 23.1 Å². The van der Waals surface area contributed by atoms with E-state index in [4.69, 9.17) is 4.74 Å². The number of nitrogens with one attached hydrogen (secondary N) is 1. The van der Waals surface area contributed by atoms with Gasteiger partial charge in [-0.05, 0) is 0 Å². The molecule has 1 aliphatic heterocycles. The summed E-state index contributed by atoms with van der Waals surface area (Å²) in [4.78, 5) is 11.0. The number of hydrogen-bond acceptors (Lipinski definition) is 3. The Kier molecular flexibility index (Phi) is 4.15. The molecule has 1 rings (SSSR count). The first kappa shape index (κ1) is 13.2. The lowest BCUT2D eigenvalue weighted by atomic mass is 10.0. The van der Waals surface area contributed by atoms with E-state index in [0.717, 1.165) is 0 Å². The molecule has 0 aromatic heterocycles. The maximum atomic E-state index is 11.8. The van der Waals surface area contributed by atoms with Crippen molar-refractivity contribution in [1.82, 2.24) is 5.32 Å². The molecule has 1 unspecified atom stereocenters. The first-order valence-corrected chi connectivity index (χ1v) is 4.94. The molecule has 0 saturated carbocycles. The maximum absolute atomic E-state index is 11.8. The van der Waals surface area contributed by atoms with Crippen LogP contribution < -0.4 is 5.32 Å². The van der Waals surface area contributed by atoms with Gasteiger partial charge in [-0.1, -0.05) is 0 Å². The van der Waals surface area contributed by atoms with E-state index in [2.05, 4.69) is 5.32 Å². The Labute approximate surface area is 90.8 Å². The predicted octanol–water partition coefficient (Wildman–Crippen LogP) is 0.597. The molecule has 0 aromatic rings. The molecular weight excluding hydrogens is 227 g/mol. The Morgan fingerprint density at radius 1 is 1.50 bits per heavy atom. The summed E-state index contributed by atoms with van der Waals surface area (Å²) in [6.45, 7) is 0.436. The molecule has 0 spiro atoms. The monoisotopic (exact) mass is 241 g/mol. The van der Waals surface area contributed by atoms with Crippen molar-refractivity contribution >= 4 is 5.91 Å². The van der Waals surface area contributed by atoms with Crippen LogP contribution in [0.3, 0.4) is 0 Å². The van der Waals surface area contributed by atoms with Crippen molar-refractivity contribution < 1.29 is 27.8 Å². The topological polar surface area (TPSA) is 58.6 Å². The number of carbonyl (C=O) groups is 1. The van der Waals surface area contributed by atoms with Crippen molar-refractivity contribution in [2.75, 3.05) is 19.8 Å². The van der Waals surface area contributed by atoms with Crippen LogP contribution in [-0.2, 0) is 9.53 Å². The largest absolute Gasteiger partial charge is 0.389 e. The molecule has 16 heavy (non-hydrogen) atoms. The third kappa shape index (κ3) is 4.80. The average molecular weight is 241 g/mol. The van der Waals surface area contributed by atoms with Gasteiger partial charge >= 0.3 is 6.18 Å². The van der Waals surface area contributed by atoms with E-state index in [1.165, 1.54) is 0 Å². The van der Waals surface area contributed by atoms with Crippen molar-refractivity contribution in [1.29, 1.82) is 0 Å². The van der Waals surface area contributed by atoms with E-state index < -0.39 is 30.5 Å². The standard InChI is InChI=1S/C9H14F3NO3/c10-9(11,12)2-1-7(14)13-5-8(15)3-4-16-6-8/h15H,1-6H2,(H,13,14). The van der Waals surface area contributed by atoms with E-state index in [0.29, 0.717) is 13.0 Å². The van der Waals surface area contributed by atoms with Crippen molar-refractivity contribution in [3.8, 4) is 0 Å². The van der Waals surface area contributed by atoms with Crippen molar-refractivity contribution in [2.45, 2.75) is 31.0 Å². The molecule has 7 heteroatoms. The minimum Gasteiger partial charge on any atom is -0.386 e. The summed E-state index contributed by atoms with van der Waals surface area (Å²) in [5.74, 6) is -0.711. The summed E-state index contributed by atoms with van der Waals surface area (Å²) in [5.41, 5.74) is -1.13. The summed E-state index contributed by atoms with van der Waals surface area (Å²) >= 11 is 0. The van der Waals surface area contributed by atoms with Gasteiger partial charge in [0.25, 0.3) is 0 Å². The summed E-state index contributed by atoms with van der Waals surface area (Å²) in [5, 5.41) is 12.0. The Balaban J connectivity index is 2.20. The molecule has 0 bridgehead atoms.